The summed E-state index contributed by atoms with van der Waals surface area (Å²) in [6.45, 7) is 5.08. The average Bonchev–Trinajstić information content (AvgIpc) is 3.45. The van der Waals surface area contributed by atoms with Gasteiger partial charge in [-0.15, -0.1) is 0 Å². The maximum Gasteiger partial charge on any atom is 0.248 e. The van der Waals surface area contributed by atoms with Crippen molar-refractivity contribution >= 4 is 21.9 Å². The number of benzene rings is 4. The Labute approximate surface area is 232 Å². The van der Waals surface area contributed by atoms with Crippen LogP contribution in [0.15, 0.2) is 108 Å². The standard InChI is InChI=1S/C33H31N5O2/c1-23(19-38(20-24-8-4-2-5-9-24)21-26-12-15-29-30(18-26)36-37-35-29)27-13-16-31(33-28(27)14-17-32(39)34-33)40-22-25-10-6-3-7-11-25/h2-18,23H,19-22H2,1H3,(H,34,39)(H,35,36,37)/t23-/m0/s1. The molecular weight excluding hydrogens is 498 g/mol. The van der Waals surface area contributed by atoms with Crippen molar-refractivity contribution in [1.29, 1.82) is 0 Å². The van der Waals surface area contributed by atoms with E-state index < -0.39 is 0 Å². The molecule has 0 saturated carbocycles. The van der Waals surface area contributed by atoms with E-state index in [9.17, 15) is 4.79 Å². The van der Waals surface area contributed by atoms with Crippen LogP contribution in [0.1, 0.15) is 35.1 Å². The molecule has 7 nitrogen and oxygen atoms in total. The number of aromatic nitrogens is 4. The van der Waals surface area contributed by atoms with Crippen molar-refractivity contribution in [1.82, 2.24) is 25.3 Å². The van der Waals surface area contributed by atoms with E-state index in [2.05, 4.69) is 74.7 Å². The number of nitrogens with zero attached hydrogens (tertiary/aromatic N) is 3. The molecule has 0 aliphatic rings. The van der Waals surface area contributed by atoms with Crippen LogP contribution in [0.2, 0.25) is 0 Å². The van der Waals surface area contributed by atoms with Crippen LogP contribution in [0.4, 0.5) is 0 Å². The number of hydrogen-bond acceptors (Lipinski definition) is 5. The third-order valence-electron chi connectivity index (χ3n) is 7.23. The molecule has 0 radical (unpaired) electrons. The van der Waals surface area contributed by atoms with Crippen LogP contribution in [-0.2, 0) is 19.7 Å². The van der Waals surface area contributed by atoms with Crippen LogP contribution < -0.4 is 10.3 Å². The molecule has 0 saturated heterocycles. The van der Waals surface area contributed by atoms with Crippen LogP contribution in [0.3, 0.4) is 0 Å². The predicted octanol–water partition coefficient (Wildman–Crippen LogP) is 6.18. The Morgan fingerprint density at radius 1 is 0.775 bits per heavy atom. The minimum Gasteiger partial charge on any atom is -0.487 e. The zero-order valence-corrected chi connectivity index (χ0v) is 22.4. The van der Waals surface area contributed by atoms with Crippen molar-refractivity contribution in [2.24, 2.45) is 0 Å². The molecule has 0 aliphatic heterocycles. The molecule has 0 unspecified atom stereocenters. The molecule has 6 aromatic rings. The van der Waals surface area contributed by atoms with Gasteiger partial charge in [0.2, 0.25) is 5.56 Å². The zero-order valence-electron chi connectivity index (χ0n) is 22.4. The van der Waals surface area contributed by atoms with E-state index in [0.29, 0.717) is 12.4 Å². The quantitative estimate of drug-likeness (QED) is 0.221. The van der Waals surface area contributed by atoms with E-state index in [1.54, 1.807) is 6.07 Å². The SMILES string of the molecule is C[C@@H](CN(Cc1ccccc1)Cc1ccc2n[nH]nc2c1)c1ccc(OCc2ccccc2)c2[nH]c(=O)ccc12. The van der Waals surface area contributed by atoms with Gasteiger partial charge in [-0.3, -0.25) is 9.69 Å². The predicted molar refractivity (Wildman–Crippen MR) is 158 cm³/mol. The van der Waals surface area contributed by atoms with Gasteiger partial charge in [-0.25, -0.2) is 0 Å². The van der Waals surface area contributed by atoms with Gasteiger partial charge in [0.05, 0.1) is 5.52 Å². The molecule has 7 heteroatoms. The highest BCUT2D eigenvalue weighted by Crippen LogP contribution is 2.32. The first-order valence-corrected chi connectivity index (χ1v) is 13.5. The Morgan fingerprint density at radius 2 is 1.50 bits per heavy atom. The molecular formula is C33H31N5O2. The number of nitrogens with one attached hydrogen (secondary N) is 2. The zero-order chi connectivity index (χ0) is 27.3. The number of fused-ring (bicyclic) bond motifs is 2. The molecule has 40 heavy (non-hydrogen) atoms. The normalized spacial score (nSPS) is 12.2. The Bertz CT molecular complexity index is 1780. The molecule has 0 aliphatic carbocycles. The molecule has 0 amide bonds. The summed E-state index contributed by atoms with van der Waals surface area (Å²) in [7, 11) is 0. The second-order valence-electron chi connectivity index (χ2n) is 10.2. The van der Waals surface area contributed by atoms with Gasteiger partial charge in [0, 0.05) is 31.1 Å². The fraction of sp³-hybridized carbons (Fsp3) is 0.182. The summed E-state index contributed by atoms with van der Waals surface area (Å²) in [6, 6.07) is 34.4. The van der Waals surface area contributed by atoms with Gasteiger partial charge in [-0.05, 0) is 52.4 Å². The molecule has 0 spiro atoms. The van der Waals surface area contributed by atoms with Gasteiger partial charge < -0.3 is 9.72 Å². The Morgan fingerprint density at radius 3 is 2.30 bits per heavy atom. The number of pyridine rings is 1. The molecule has 2 aromatic heterocycles. The monoisotopic (exact) mass is 529 g/mol. The first kappa shape index (κ1) is 25.5. The highest BCUT2D eigenvalue weighted by atomic mass is 16.5. The maximum absolute atomic E-state index is 12.3. The lowest BCUT2D eigenvalue weighted by molar-refractivity contribution is 0.244. The number of H-pyrrole nitrogens is 2. The van der Waals surface area contributed by atoms with Gasteiger partial charge >= 0.3 is 0 Å². The van der Waals surface area contributed by atoms with Gasteiger partial charge in [-0.2, -0.15) is 15.4 Å². The van der Waals surface area contributed by atoms with Gasteiger partial charge in [0.25, 0.3) is 0 Å². The fourth-order valence-corrected chi connectivity index (χ4v) is 5.29. The van der Waals surface area contributed by atoms with Gasteiger partial charge in [0.15, 0.2) is 0 Å². The maximum atomic E-state index is 12.3. The molecule has 0 bridgehead atoms. The number of rotatable bonds is 10. The van der Waals surface area contributed by atoms with Crippen molar-refractivity contribution in [3.05, 3.63) is 136 Å². The summed E-state index contributed by atoms with van der Waals surface area (Å²) in [4.78, 5) is 17.8. The largest absolute Gasteiger partial charge is 0.487 e. The summed E-state index contributed by atoms with van der Waals surface area (Å²) in [5.74, 6) is 0.866. The van der Waals surface area contributed by atoms with Crippen LogP contribution in [0, 0.1) is 0 Å². The summed E-state index contributed by atoms with van der Waals surface area (Å²) in [5.41, 5.74) is 7.01. The molecule has 2 heterocycles. The highest BCUT2D eigenvalue weighted by Gasteiger charge is 2.18. The Balaban J connectivity index is 1.28. The van der Waals surface area contributed by atoms with Crippen LogP contribution in [0.25, 0.3) is 21.9 Å². The summed E-state index contributed by atoms with van der Waals surface area (Å²) in [5, 5.41) is 12.2. The first-order valence-electron chi connectivity index (χ1n) is 13.5. The number of ether oxygens (including phenoxy) is 1. The van der Waals surface area contributed by atoms with Gasteiger partial charge in [-0.1, -0.05) is 79.7 Å². The summed E-state index contributed by atoms with van der Waals surface area (Å²) >= 11 is 0. The third kappa shape index (κ3) is 5.80. The van der Waals surface area contributed by atoms with E-state index in [4.69, 9.17) is 4.74 Å². The van der Waals surface area contributed by atoms with Crippen molar-refractivity contribution in [2.75, 3.05) is 6.54 Å². The van der Waals surface area contributed by atoms with Crippen LogP contribution in [0.5, 0.6) is 5.75 Å². The fourth-order valence-electron chi connectivity index (χ4n) is 5.29. The Kier molecular flexibility index (Phi) is 7.37. The second kappa shape index (κ2) is 11.6. The molecule has 200 valence electrons. The van der Waals surface area contributed by atoms with E-state index >= 15 is 0 Å². The van der Waals surface area contributed by atoms with Crippen molar-refractivity contribution < 1.29 is 4.74 Å². The topological polar surface area (TPSA) is 86.9 Å². The number of hydrogen-bond donors (Lipinski definition) is 2. The highest BCUT2D eigenvalue weighted by molar-refractivity contribution is 5.88. The Hall–Kier alpha value is -4.75. The lowest BCUT2D eigenvalue weighted by atomic mass is 9.95. The third-order valence-corrected chi connectivity index (χ3v) is 7.23. The molecule has 0 fully saturated rings. The molecule has 2 N–H and O–H groups in total. The smallest absolute Gasteiger partial charge is 0.248 e. The molecule has 1 atom stereocenters. The molecule has 4 aromatic carbocycles. The van der Waals surface area contributed by atoms with Crippen LogP contribution in [-0.4, -0.2) is 31.8 Å². The van der Waals surface area contributed by atoms with E-state index in [1.807, 2.05) is 54.6 Å². The van der Waals surface area contributed by atoms with Crippen molar-refractivity contribution in [3.63, 3.8) is 0 Å². The average molecular weight is 530 g/mol. The second-order valence-corrected chi connectivity index (χ2v) is 10.2. The summed E-state index contributed by atoms with van der Waals surface area (Å²) < 4.78 is 6.17. The number of aromatic amines is 2. The minimum absolute atomic E-state index is 0.143. The van der Waals surface area contributed by atoms with E-state index in [1.165, 1.54) is 16.7 Å². The minimum atomic E-state index is -0.143. The summed E-state index contributed by atoms with van der Waals surface area (Å²) in [6.07, 6.45) is 0. The molecule has 6 rings (SSSR count). The van der Waals surface area contributed by atoms with Crippen LogP contribution >= 0.6 is 0 Å². The van der Waals surface area contributed by atoms with E-state index in [-0.39, 0.29) is 11.5 Å². The van der Waals surface area contributed by atoms with Gasteiger partial charge in [0.1, 0.15) is 23.4 Å². The first-order chi connectivity index (χ1) is 19.6. The van der Waals surface area contributed by atoms with Crippen molar-refractivity contribution in [2.45, 2.75) is 32.5 Å². The van der Waals surface area contributed by atoms with Crippen molar-refractivity contribution in [3.8, 4) is 5.75 Å². The lowest BCUT2D eigenvalue weighted by Crippen LogP contribution is -2.27. The lowest BCUT2D eigenvalue weighted by Gasteiger charge is -2.27. The van der Waals surface area contributed by atoms with E-state index in [0.717, 1.165) is 47.1 Å².